The van der Waals surface area contributed by atoms with Crippen LogP contribution in [0.25, 0.3) is 92.3 Å². The molecule has 10 aromatic carbocycles. The van der Waals surface area contributed by atoms with Crippen LogP contribution in [0.15, 0.2) is 194 Å². The molecule has 0 radical (unpaired) electrons. The first-order chi connectivity index (χ1) is 51.2. The van der Waals surface area contributed by atoms with Crippen LogP contribution in [0.1, 0.15) is 261 Å². The van der Waals surface area contributed by atoms with Crippen molar-refractivity contribution in [3.63, 3.8) is 0 Å². The van der Waals surface area contributed by atoms with Gasteiger partial charge in [-0.3, -0.25) is 4.57 Å². The van der Waals surface area contributed by atoms with E-state index < -0.39 is 0 Å². The van der Waals surface area contributed by atoms with Gasteiger partial charge in [0.1, 0.15) is 24.0 Å². The zero-order valence-corrected chi connectivity index (χ0v) is 72.3. The fraction of sp³-hybridized carbons (Fsp3) is 0.375. The summed E-state index contributed by atoms with van der Waals surface area (Å²) in [5.74, 6) is 2.89. The van der Waals surface area contributed by atoms with E-state index in [1.54, 1.807) is 0 Å². The number of rotatable bonds is 11. The van der Waals surface area contributed by atoms with Crippen molar-refractivity contribution in [2.24, 2.45) is 0 Å². The highest BCUT2D eigenvalue weighted by molar-refractivity contribution is 7.27. The number of pyridine rings is 1. The van der Waals surface area contributed by atoms with Gasteiger partial charge in [-0.05, 0) is 217 Å². The van der Waals surface area contributed by atoms with Gasteiger partial charge in [-0.15, -0.1) is 11.3 Å². The summed E-state index contributed by atoms with van der Waals surface area (Å²) in [5.41, 5.74) is 28.7. The third-order valence-corrected chi connectivity index (χ3v) is 24.4. The van der Waals surface area contributed by atoms with Crippen LogP contribution in [0.3, 0.4) is 0 Å². The Morgan fingerprint density at radius 2 is 0.809 bits per heavy atom. The number of ether oxygens (including phenoxy) is 1. The van der Waals surface area contributed by atoms with Gasteiger partial charge in [-0.2, -0.15) is 0 Å². The highest BCUT2D eigenvalue weighted by Crippen LogP contribution is 2.56. The number of benzene rings is 10. The van der Waals surface area contributed by atoms with E-state index in [0.717, 1.165) is 56.4 Å². The van der Waals surface area contributed by atoms with Crippen LogP contribution in [-0.4, -0.2) is 16.2 Å². The Balaban J connectivity index is 1.03. The van der Waals surface area contributed by atoms with Crippen molar-refractivity contribution in [1.82, 2.24) is 9.55 Å². The second kappa shape index (κ2) is 27.3. The maximum Gasteiger partial charge on any atom is 0.137 e. The fourth-order valence-electron chi connectivity index (χ4n) is 16.2. The monoisotopic (exact) mass is 1470 g/mol. The molecule has 0 fully saturated rings. The molecule has 0 bridgehead atoms. The highest BCUT2D eigenvalue weighted by Gasteiger charge is 2.37. The summed E-state index contributed by atoms with van der Waals surface area (Å²) < 4.78 is 12.7. The predicted molar refractivity (Wildman–Crippen MR) is 480 cm³/mol. The lowest BCUT2D eigenvalue weighted by Crippen LogP contribution is -2.26. The standard InChI is InChI=1S/C104H120N4OS/c1-62(2)79-35-33-36-80(63(3)4)92(79)67-50-76(106-61-107(87-38-31-30-37-86(87)106)95-84(65-46-71(100(14,15)16)53-72(47-65)101(17,18)19)55-75(104(26,27)28)56-85(95)66-48-73(102(20,21)22)54-74(49-66)103(23,24)25)58-78(51-67)109-77-40-41-81-88(59-77)108(91-57-68(42-43-105-91)97(5,6)7)89-60-83(93-82-34-29-32-39-90(82)110-96(93)94(81)89)64-44-69(98(8,9)10)52-70(45-64)99(11,12)13/h29-60,62-63H,61H2,1-28H3. The molecule has 5 nitrogen and oxygen atoms in total. The molecule has 3 aromatic heterocycles. The summed E-state index contributed by atoms with van der Waals surface area (Å²) in [7, 11) is 0. The first-order valence-electron chi connectivity index (χ1n) is 40.4. The molecule has 13 aromatic rings. The van der Waals surface area contributed by atoms with Crippen LogP contribution in [0.4, 0.5) is 22.7 Å². The van der Waals surface area contributed by atoms with Crippen LogP contribution >= 0.6 is 11.3 Å². The van der Waals surface area contributed by atoms with E-state index in [-0.39, 0.29) is 55.2 Å². The molecule has 6 heteroatoms. The van der Waals surface area contributed by atoms with E-state index in [1.165, 1.54) is 126 Å². The van der Waals surface area contributed by atoms with Crippen molar-refractivity contribution >= 4 is 76.1 Å². The summed E-state index contributed by atoms with van der Waals surface area (Å²) in [4.78, 5) is 10.6. The molecule has 0 aliphatic carbocycles. The molecule has 14 rings (SSSR count). The lowest BCUT2D eigenvalue weighted by molar-refractivity contribution is 0.483. The molecule has 1 aliphatic heterocycles. The zero-order chi connectivity index (χ0) is 79.4. The van der Waals surface area contributed by atoms with Gasteiger partial charge in [0, 0.05) is 66.1 Å². The molecule has 0 atom stereocenters. The Kier molecular flexibility index (Phi) is 19.2. The van der Waals surface area contributed by atoms with E-state index in [9.17, 15) is 0 Å². The summed E-state index contributed by atoms with van der Waals surface area (Å²) in [6.45, 7) is 66.4. The van der Waals surface area contributed by atoms with E-state index in [4.69, 9.17) is 9.72 Å². The quantitative estimate of drug-likeness (QED) is 0.129. The fourth-order valence-corrected chi connectivity index (χ4v) is 17.5. The number of fused-ring (bicyclic) bond motifs is 8. The molecule has 0 N–H and O–H groups in total. The van der Waals surface area contributed by atoms with E-state index in [0.29, 0.717) is 6.67 Å². The van der Waals surface area contributed by atoms with E-state index in [1.807, 2.05) is 17.5 Å². The van der Waals surface area contributed by atoms with Crippen LogP contribution in [0.5, 0.6) is 11.5 Å². The van der Waals surface area contributed by atoms with Crippen molar-refractivity contribution in [2.45, 2.75) is 249 Å². The Bertz CT molecular complexity index is 5550. The Morgan fingerprint density at radius 1 is 0.355 bits per heavy atom. The van der Waals surface area contributed by atoms with Crippen molar-refractivity contribution in [1.29, 1.82) is 0 Å². The van der Waals surface area contributed by atoms with Gasteiger partial charge in [0.25, 0.3) is 0 Å². The predicted octanol–water partition coefficient (Wildman–Crippen LogP) is 30.9. The number of hydrogen-bond donors (Lipinski definition) is 0. The van der Waals surface area contributed by atoms with E-state index >= 15 is 0 Å². The Hall–Kier alpha value is -9.23. The molecule has 0 amide bonds. The van der Waals surface area contributed by atoms with Gasteiger partial charge in [0.15, 0.2) is 0 Å². The van der Waals surface area contributed by atoms with Crippen molar-refractivity contribution in [3.8, 4) is 61.8 Å². The average Bonchev–Trinajstić information content (AvgIpc) is 1.54. The Labute approximate surface area is 663 Å². The molecule has 110 heavy (non-hydrogen) atoms. The summed E-state index contributed by atoms with van der Waals surface area (Å²) in [6, 6.07) is 73.5. The van der Waals surface area contributed by atoms with Crippen LogP contribution in [-0.2, 0) is 43.3 Å². The first-order valence-corrected chi connectivity index (χ1v) is 41.2. The van der Waals surface area contributed by atoms with Crippen LogP contribution < -0.4 is 14.5 Å². The van der Waals surface area contributed by atoms with Gasteiger partial charge < -0.3 is 14.5 Å². The number of nitrogens with zero attached hydrogens (tertiary/aromatic N) is 4. The maximum absolute atomic E-state index is 7.71. The third kappa shape index (κ3) is 14.7. The minimum Gasteiger partial charge on any atom is -0.457 e. The van der Waals surface area contributed by atoms with Gasteiger partial charge in [0.2, 0.25) is 0 Å². The normalized spacial score (nSPS) is 13.7. The summed E-state index contributed by atoms with van der Waals surface area (Å²) >= 11 is 1.90. The second-order valence-electron chi connectivity index (χ2n) is 40.8. The number of aromatic nitrogens is 2. The SMILES string of the molecule is CC(C)c1cccc(C(C)C)c1-c1cc(Oc2ccc3c4c5sc6ccccc6c5c(-c5cc(C(C)(C)C)cc(C(C)(C)C)c5)cc4n(-c4cc(C(C)(C)C)ccn4)c3c2)cc(N2CN(c3c(-c4cc(C(C)(C)C)cc(C(C)(C)C)c4)cc(C(C)(C)C)cc3-c3cc(C(C)(C)C)cc(C(C)(C)C)c3)c3ccccc32)c1. The largest absolute Gasteiger partial charge is 0.457 e. The summed E-state index contributed by atoms with van der Waals surface area (Å²) in [5, 5.41) is 4.94. The summed E-state index contributed by atoms with van der Waals surface area (Å²) in [6.07, 6.45) is 2.00. The molecule has 0 spiro atoms. The molecular weight excluding hydrogens is 1350 g/mol. The molecule has 1 aliphatic rings. The minimum atomic E-state index is -0.182. The van der Waals surface area contributed by atoms with Gasteiger partial charge in [0.05, 0.1) is 28.1 Å². The molecule has 0 saturated heterocycles. The molecule has 0 unspecified atom stereocenters. The highest BCUT2D eigenvalue weighted by atomic mass is 32.1. The van der Waals surface area contributed by atoms with Crippen molar-refractivity contribution in [2.75, 3.05) is 16.5 Å². The number of thiophene rings is 1. The first kappa shape index (κ1) is 77.5. The number of anilines is 4. The Morgan fingerprint density at radius 3 is 1.29 bits per heavy atom. The van der Waals surface area contributed by atoms with Crippen LogP contribution in [0.2, 0.25) is 0 Å². The van der Waals surface area contributed by atoms with E-state index in [2.05, 4.69) is 396 Å². The molecule has 0 saturated carbocycles. The number of para-hydroxylation sites is 2. The number of hydrogen-bond acceptors (Lipinski definition) is 5. The van der Waals surface area contributed by atoms with Crippen molar-refractivity contribution in [3.05, 3.63) is 250 Å². The van der Waals surface area contributed by atoms with Gasteiger partial charge >= 0.3 is 0 Å². The van der Waals surface area contributed by atoms with Gasteiger partial charge in [-0.1, -0.05) is 297 Å². The molecular formula is C104H120N4OS. The zero-order valence-electron chi connectivity index (χ0n) is 71.4. The topological polar surface area (TPSA) is 33.5 Å². The van der Waals surface area contributed by atoms with Crippen molar-refractivity contribution < 1.29 is 4.74 Å². The molecule has 568 valence electrons. The van der Waals surface area contributed by atoms with Gasteiger partial charge in [-0.25, -0.2) is 4.98 Å². The minimum absolute atomic E-state index is 0.0766. The third-order valence-electron chi connectivity index (χ3n) is 23.2. The smallest absolute Gasteiger partial charge is 0.137 e. The second-order valence-corrected chi connectivity index (χ2v) is 41.8. The average molecular weight is 1470 g/mol. The lowest BCUT2D eigenvalue weighted by Gasteiger charge is -2.33. The lowest BCUT2D eigenvalue weighted by atomic mass is 9.76. The van der Waals surface area contributed by atoms with Crippen LogP contribution in [0, 0.1) is 0 Å². The molecule has 4 heterocycles. The maximum atomic E-state index is 7.71.